The number of hydrogen-bond donors (Lipinski definition) is 2. The number of nitrogens with two attached hydrogens (primary N) is 1. The normalized spacial score (nSPS) is 13.6. The maximum Gasteiger partial charge on any atom is 0.193 e. The van der Waals surface area contributed by atoms with Crippen LogP contribution in [0.2, 0.25) is 0 Å². The molecule has 0 radical (unpaired) electrons. The number of nitrogens with zero attached hydrogens (tertiary/aromatic N) is 3. The van der Waals surface area contributed by atoms with Gasteiger partial charge < -0.3 is 15.6 Å². The van der Waals surface area contributed by atoms with E-state index in [9.17, 15) is 0 Å². The van der Waals surface area contributed by atoms with Crippen molar-refractivity contribution in [3.63, 3.8) is 0 Å². The summed E-state index contributed by atoms with van der Waals surface area (Å²) >= 11 is 1.81. The Hall–Kier alpha value is -1.22. The van der Waals surface area contributed by atoms with Gasteiger partial charge in [-0.15, -0.1) is 24.0 Å². The molecule has 1 aromatic heterocycles. The summed E-state index contributed by atoms with van der Waals surface area (Å²) in [5, 5.41) is 4.26. The zero-order chi connectivity index (χ0) is 15.5. The van der Waals surface area contributed by atoms with E-state index in [0.717, 1.165) is 35.3 Å². The highest BCUT2D eigenvalue weighted by atomic mass is 127. The predicted molar refractivity (Wildman–Crippen MR) is 108 cm³/mol. The smallest absolute Gasteiger partial charge is 0.193 e. The summed E-state index contributed by atoms with van der Waals surface area (Å²) in [6, 6.07) is 6.17. The number of aryl methyl sites for hydroxylation is 3. The van der Waals surface area contributed by atoms with Crippen LogP contribution in [0.3, 0.4) is 0 Å². The molecule has 7 heteroatoms. The van der Waals surface area contributed by atoms with E-state index in [0.29, 0.717) is 12.5 Å². The summed E-state index contributed by atoms with van der Waals surface area (Å²) in [5.41, 5.74) is 10.5. The third-order valence-electron chi connectivity index (χ3n) is 3.78. The molecular formula is C16H22IN5S. The van der Waals surface area contributed by atoms with E-state index in [1.807, 2.05) is 17.8 Å². The Morgan fingerprint density at radius 3 is 2.96 bits per heavy atom. The van der Waals surface area contributed by atoms with E-state index in [-0.39, 0.29) is 24.0 Å². The monoisotopic (exact) mass is 443 g/mol. The number of nitrogens with one attached hydrogen (secondary N) is 1. The maximum absolute atomic E-state index is 5.94. The summed E-state index contributed by atoms with van der Waals surface area (Å²) in [4.78, 5) is 8.97. The molecule has 124 valence electrons. The summed E-state index contributed by atoms with van der Waals surface area (Å²) in [6.45, 7) is 5.89. The zero-order valence-corrected chi connectivity index (χ0v) is 16.5. The predicted octanol–water partition coefficient (Wildman–Crippen LogP) is 3.19. The lowest BCUT2D eigenvalue weighted by Crippen LogP contribution is -2.23. The summed E-state index contributed by atoms with van der Waals surface area (Å²) in [7, 11) is 0. The van der Waals surface area contributed by atoms with Crippen molar-refractivity contribution in [2.45, 2.75) is 32.0 Å². The van der Waals surface area contributed by atoms with Gasteiger partial charge in [-0.1, -0.05) is 17.8 Å². The van der Waals surface area contributed by atoms with E-state index in [4.69, 9.17) is 5.73 Å². The van der Waals surface area contributed by atoms with Gasteiger partial charge in [-0.05, 0) is 37.1 Å². The van der Waals surface area contributed by atoms with E-state index < -0.39 is 0 Å². The summed E-state index contributed by atoms with van der Waals surface area (Å²) in [5.74, 6) is 1.58. The standard InChI is InChI=1S/C16H21N5S.HI/c1-11-3-4-13(9-12(11)2)19-15(17)18-6-5-14-10-21-7-8-22-16(21)20-14;/h3-4,9-10H,5-8H2,1-2H3,(H3,17,18,19);1H. The maximum atomic E-state index is 5.94. The molecule has 2 aromatic rings. The third-order valence-corrected chi connectivity index (χ3v) is 4.75. The van der Waals surface area contributed by atoms with Crippen molar-refractivity contribution in [2.24, 2.45) is 10.7 Å². The van der Waals surface area contributed by atoms with Crippen molar-refractivity contribution >= 4 is 47.4 Å². The molecule has 0 saturated carbocycles. The van der Waals surface area contributed by atoms with Crippen LogP contribution in [0, 0.1) is 13.8 Å². The lowest BCUT2D eigenvalue weighted by Gasteiger charge is -2.07. The molecule has 0 atom stereocenters. The molecule has 23 heavy (non-hydrogen) atoms. The molecule has 3 N–H and O–H groups in total. The van der Waals surface area contributed by atoms with Crippen molar-refractivity contribution in [3.8, 4) is 0 Å². The molecule has 5 nitrogen and oxygen atoms in total. The molecule has 1 aromatic carbocycles. The molecule has 0 bridgehead atoms. The molecule has 1 aliphatic rings. The molecule has 0 amide bonds. The Kier molecular flexibility index (Phi) is 6.34. The number of aliphatic imine (C=N–C) groups is 1. The second-order valence-corrected chi connectivity index (χ2v) is 6.56. The lowest BCUT2D eigenvalue weighted by atomic mass is 10.1. The first kappa shape index (κ1) is 18.1. The Morgan fingerprint density at radius 1 is 1.39 bits per heavy atom. The van der Waals surface area contributed by atoms with Gasteiger partial charge in [0.1, 0.15) is 0 Å². The van der Waals surface area contributed by atoms with Gasteiger partial charge in [-0.25, -0.2) is 4.98 Å². The minimum Gasteiger partial charge on any atom is -0.370 e. The fourth-order valence-electron chi connectivity index (χ4n) is 2.38. The number of benzene rings is 1. The first-order valence-electron chi connectivity index (χ1n) is 7.45. The topological polar surface area (TPSA) is 68.2 Å². The van der Waals surface area contributed by atoms with Gasteiger partial charge >= 0.3 is 0 Å². The third kappa shape index (κ3) is 4.63. The number of thioether (sulfide) groups is 1. The van der Waals surface area contributed by atoms with E-state index >= 15 is 0 Å². The number of guanidine groups is 1. The Labute approximate surface area is 158 Å². The second-order valence-electron chi connectivity index (χ2n) is 5.50. The second kappa shape index (κ2) is 8.05. The zero-order valence-electron chi connectivity index (χ0n) is 13.4. The van der Waals surface area contributed by atoms with Crippen LogP contribution in [-0.4, -0.2) is 27.8 Å². The van der Waals surface area contributed by atoms with E-state index in [1.54, 1.807) is 0 Å². The molecule has 0 spiro atoms. The molecule has 3 rings (SSSR count). The van der Waals surface area contributed by atoms with Crippen LogP contribution in [-0.2, 0) is 13.0 Å². The van der Waals surface area contributed by atoms with Crippen molar-refractivity contribution < 1.29 is 0 Å². The average Bonchev–Trinajstić information content (AvgIpc) is 3.04. The van der Waals surface area contributed by atoms with Gasteiger partial charge in [0.15, 0.2) is 11.1 Å². The minimum atomic E-state index is 0. The molecule has 0 aliphatic carbocycles. The Balaban J connectivity index is 0.00000192. The molecule has 1 aliphatic heterocycles. The van der Waals surface area contributed by atoms with Gasteiger partial charge in [0.05, 0.1) is 5.69 Å². The minimum absolute atomic E-state index is 0. The van der Waals surface area contributed by atoms with Crippen molar-refractivity contribution in [1.82, 2.24) is 9.55 Å². The van der Waals surface area contributed by atoms with Crippen LogP contribution in [0.15, 0.2) is 34.5 Å². The van der Waals surface area contributed by atoms with Crippen LogP contribution in [0.1, 0.15) is 16.8 Å². The summed E-state index contributed by atoms with van der Waals surface area (Å²) < 4.78 is 2.21. The highest BCUT2D eigenvalue weighted by Gasteiger charge is 2.13. The molecule has 0 saturated heterocycles. The average molecular weight is 443 g/mol. The summed E-state index contributed by atoms with van der Waals surface area (Å²) in [6.07, 6.45) is 2.94. The van der Waals surface area contributed by atoms with Crippen molar-refractivity contribution in [3.05, 3.63) is 41.2 Å². The lowest BCUT2D eigenvalue weighted by molar-refractivity contribution is 0.719. The van der Waals surface area contributed by atoms with Crippen LogP contribution in [0.4, 0.5) is 5.69 Å². The van der Waals surface area contributed by atoms with Crippen LogP contribution in [0.5, 0.6) is 0 Å². The molecular weight excluding hydrogens is 421 g/mol. The largest absolute Gasteiger partial charge is 0.370 e. The van der Waals surface area contributed by atoms with Crippen LogP contribution in [0.25, 0.3) is 0 Å². The fourth-order valence-corrected chi connectivity index (χ4v) is 3.34. The van der Waals surface area contributed by atoms with Gasteiger partial charge in [0, 0.05) is 37.1 Å². The molecule has 0 unspecified atom stereocenters. The quantitative estimate of drug-likeness (QED) is 0.433. The van der Waals surface area contributed by atoms with Gasteiger partial charge in [-0.2, -0.15) is 0 Å². The van der Waals surface area contributed by atoms with Gasteiger partial charge in [-0.3, -0.25) is 4.99 Å². The van der Waals surface area contributed by atoms with E-state index in [2.05, 4.69) is 52.0 Å². The van der Waals surface area contributed by atoms with E-state index in [1.165, 1.54) is 11.1 Å². The van der Waals surface area contributed by atoms with Crippen LogP contribution < -0.4 is 11.1 Å². The SMILES string of the molecule is Cc1ccc(NC(N)=NCCc2cn3c(n2)SCC3)cc1C.I. The number of anilines is 1. The molecule has 2 heterocycles. The molecule has 0 fully saturated rings. The number of hydrogen-bond acceptors (Lipinski definition) is 3. The number of fused-ring (bicyclic) bond motifs is 1. The fraction of sp³-hybridized carbons (Fsp3) is 0.375. The Morgan fingerprint density at radius 2 is 2.22 bits per heavy atom. The van der Waals surface area contributed by atoms with Crippen molar-refractivity contribution in [2.75, 3.05) is 17.6 Å². The first-order valence-corrected chi connectivity index (χ1v) is 8.43. The number of rotatable bonds is 4. The van der Waals surface area contributed by atoms with Crippen molar-refractivity contribution in [1.29, 1.82) is 0 Å². The van der Waals surface area contributed by atoms with Crippen LogP contribution >= 0.6 is 35.7 Å². The van der Waals surface area contributed by atoms with Gasteiger partial charge in [0.25, 0.3) is 0 Å². The van der Waals surface area contributed by atoms with Gasteiger partial charge in [0.2, 0.25) is 0 Å². The number of imidazole rings is 1. The number of halogens is 1. The Bertz CT molecular complexity index is 689. The first-order chi connectivity index (χ1) is 10.6. The highest BCUT2D eigenvalue weighted by Crippen LogP contribution is 2.24. The highest BCUT2D eigenvalue weighted by molar-refractivity contribution is 14.0. The number of aromatic nitrogens is 2.